The van der Waals surface area contributed by atoms with Gasteiger partial charge in [-0.1, -0.05) is 72.8 Å². The van der Waals surface area contributed by atoms with E-state index >= 15 is 0 Å². The number of nitrogens with zero attached hydrogens (tertiary/aromatic N) is 3. The molecule has 0 saturated heterocycles. The summed E-state index contributed by atoms with van der Waals surface area (Å²) in [5.74, 6) is 0. The summed E-state index contributed by atoms with van der Waals surface area (Å²) in [6, 6.07) is 42.5. The summed E-state index contributed by atoms with van der Waals surface area (Å²) < 4.78 is 8.57. The molecule has 0 N–H and O–H groups in total. The maximum Gasteiger partial charge on any atom is 0.136 e. The van der Waals surface area contributed by atoms with Gasteiger partial charge in [0, 0.05) is 49.8 Å². The molecule has 0 aliphatic carbocycles. The molecule has 0 aliphatic heterocycles. The average molecular weight is 512 g/mol. The molecule has 4 heterocycles. The smallest absolute Gasteiger partial charge is 0.136 e. The fourth-order valence-electron chi connectivity index (χ4n) is 6.13. The van der Waals surface area contributed by atoms with Crippen molar-refractivity contribution < 1.29 is 4.42 Å². The summed E-state index contributed by atoms with van der Waals surface area (Å²) in [4.78, 5) is 9.66. The highest BCUT2D eigenvalue weighted by Crippen LogP contribution is 2.38. The molecule has 0 radical (unpaired) electrons. The van der Waals surface area contributed by atoms with Crippen LogP contribution in [-0.2, 0) is 0 Å². The number of hydrogen-bond acceptors (Lipinski definition) is 3. The van der Waals surface area contributed by atoms with Gasteiger partial charge in [-0.25, -0.2) is 4.98 Å². The highest BCUT2D eigenvalue weighted by atomic mass is 16.3. The van der Waals surface area contributed by atoms with Gasteiger partial charge in [0.1, 0.15) is 11.2 Å². The standard InChI is InChI=1S/C36H21N3O/c1-3-9-31-26(7-1)28-21-34-29(27-8-2-4-10-33(27)40-34)20-32(28)39(31)25-16-13-22(14-17-25)30-18-15-24-12-11-23-6-5-19-37-35(23)36(24)38-30/h1-21H. The van der Waals surface area contributed by atoms with Crippen LogP contribution < -0.4 is 0 Å². The summed E-state index contributed by atoms with van der Waals surface area (Å²) in [7, 11) is 0. The molecule has 4 heteroatoms. The molecule has 0 unspecified atom stereocenters. The quantitative estimate of drug-likeness (QED) is 0.217. The van der Waals surface area contributed by atoms with Crippen LogP contribution >= 0.6 is 0 Å². The molecule has 0 aliphatic rings. The Morgan fingerprint density at radius 1 is 0.525 bits per heavy atom. The zero-order chi connectivity index (χ0) is 26.2. The fraction of sp³-hybridized carbons (Fsp3) is 0. The Bertz CT molecular complexity index is 2430. The molecule has 0 spiro atoms. The van der Waals surface area contributed by atoms with Gasteiger partial charge < -0.3 is 8.98 Å². The third kappa shape index (κ3) is 3.01. The molecule has 4 nitrogen and oxygen atoms in total. The summed E-state index contributed by atoms with van der Waals surface area (Å²) in [5.41, 5.74) is 9.13. The van der Waals surface area contributed by atoms with E-state index in [1.165, 1.54) is 16.3 Å². The SMILES string of the molecule is c1cnc2c(c1)ccc1ccc(-c3ccc(-n4c5ccccc5c5cc6oc7ccccc7c6cc54)cc3)nc12. The number of fused-ring (bicyclic) bond motifs is 9. The third-order valence-electron chi connectivity index (χ3n) is 8.02. The first-order valence-electron chi connectivity index (χ1n) is 13.4. The van der Waals surface area contributed by atoms with E-state index in [-0.39, 0.29) is 0 Å². The lowest BCUT2D eigenvalue weighted by Gasteiger charge is -2.10. The Morgan fingerprint density at radius 3 is 2.20 bits per heavy atom. The van der Waals surface area contributed by atoms with E-state index in [0.717, 1.165) is 66.2 Å². The molecule has 0 amide bonds. The molecule has 0 atom stereocenters. The minimum atomic E-state index is 0.913. The van der Waals surface area contributed by atoms with Crippen LogP contribution in [0.2, 0.25) is 0 Å². The first-order valence-corrected chi connectivity index (χ1v) is 13.4. The van der Waals surface area contributed by atoms with Crippen molar-refractivity contribution in [2.45, 2.75) is 0 Å². The molecule has 9 rings (SSSR count). The molecule has 186 valence electrons. The number of rotatable bonds is 2. The molecular formula is C36H21N3O. The van der Waals surface area contributed by atoms with Gasteiger partial charge >= 0.3 is 0 Å². The highest BCUT2D eigenvalue weighted by molar-refractivity contribution is 6.17. The van der Waals surface area contributed by atoms with Gasteiger partial charge in [-0.2, -0.15) is 0 Å². The second-order valence-electron chi connectivity index (χ2n) is 10.3. The Labute approximate surface area is 228 Å². The molecule has 40 heavy (non-hydrogen) atoms. The Morgan fingerprint density at radius 2 is 1.30 bits per heavy atom. The van der Waals surface area contributed by atoms with Gasteiger partial charge in [-0.05, 0) is 48.5 Å². The van der Waals surface area contributed by atoms with Gasteiger partial charge in [0.2, 0.25) is 0 Å². The third-order valence-corrected chi connectivity index (χ3v) is 8.02. The lowest BCUT2D eigenvalue weighted by Crippen LogP contribution is -1.94. The van der Waals surface area contributed by atoms with Crippen molar-refractivity contribution in [1.82, 2.24) is 14.5 Å². The van der Waals surface area contributed by atoms with Crippen molar-refractivity contribution >= 4 is 65.6 Å². The lowest BCUT2D eigenvalue weighted by atomic mass is 10.1. The van der Waals surface area contributed by atoms with Crippen LogP contribution in [0.3, 0.4) is 0 Å². The zero-order valence-corrected chi connectivity index (χ0v) is 21.4. The molecule has 5 aromatic carbocycles. The summed E-state index contributed by atoms with van der Waals surface area (Å²) in [5, 5.41) is 6.85. The fourth-order valence-corrected chi connectivity index (χ4v) is 6.13. The molecule has 0 saturated carbocycles. The van der Waals surface area contributed by atoms with E-state index in [1.807, 2.05) is 24.4 Å². The molecular weight excluding hydrogens is 490 g/mol. The second kappa shape index (κ2) is 8.01. The van der Waals surface area contributed by atoms with Gasteiger partial charge in [0.25, 0.3) is 0 Å². The van der Waals surface area contributed by atoms with Gasteiger partial charge in [-0.15, -0.1) is 0 Å². The highest BCUT2D eigenvalue weighted by Gasteiger charge is 2.16. The van der Waals surface area contributed by atoms with Gasteiger partial charge in [-0.3, -0.25) is 4.98 Å². The second-order valence-corrected chi connectivity index (χ2v) is 10.3. The number of pyridine rings is 2. The van der Waals surface area contributed by atoms with E-state index in [9.17, 15) is 0 Å². The minimum absolute atomic E-state index is 0.913. The zero-order valence-electron chi connectivity index (χ0n) is 21.4. The van der Waals surface area contributed by atoms with Crippen LogP contribution in [-0.4, -0.2) is 14.5 Å². The monoisotopic (exact) mass is 511 g/mol. The van der Waals surface area contributed by atoms with Crippen LogP contribution in [0.5, 0.6) is 0 Å². The van der Waals surface area contributed by atoms with E-state index in [0.29, 0.717) is 0 Å². The number of furan rings is 1. The van der Waals surface area contributed by atoms with Crippen LogP contribution in [0.4, 0.5) is 0 Å². The predicted octanol–water partition coefficient (Wildman–Crippen LogP) is 9.45. The maximum absolute atomic E-state index is 6.23. The minimum Gasteiger partial charge on any atom is -0.456 e. The predicted molar refractivity (Wildman–Crippen MR) is 164 cm³/mol. The van der Waals surface area contributed by atoms with Crippen LogP contribution in [0.1, 0.15) is 0 Å². The molecule has 0 bridgehead atoms. The number of para-hydroxylation sites is 2. The average Bonchev–Trinajstić information content (AvgIpc) is 3.54. The first-order chi connectivity index (χ1) is 19.8. The largest absolute Gasteiger partial charge is 0.456 e. The number of benzene rings is 5. The van der Waals surface area contributed by atoms with E-state index in [1.54, 1.807) is 0 Å². The Balaban J connectivity index is 1.23. The van der Waals surface area contributed by atoms with Crippen molar-refractivity contribution in [3.05, 3.63) is 128 Å². The van der Waals surface area contributed by atoms with Crippen molar-refractivity contribution in [2.75, 3.05) is 0 Å². The maximum atomic E-state index is 6.23. The van der Waals surface area contributed by atoms with Crippen molar-refractivity contribution in [2.24, 2.45) is 0 Å². The summed E-state index contributed by atoms with van der Waals surface area (Å²) in [6.45, 7) is 0. The topological polar surface area (TPSA) is 43.9 Å². The van der Waals surface area contributed by atoms with Crippen molar-refractivity contribution in [3.63, 3.8) is 0 Å². The Hall–Kier alpha value is -5.48. The molecule has 9 aromatic rings. The summed E-state index contributed by atoms with van der Waals surface area (Å²) in [6.07, 6.45) is 1.83. The van der Waals surface area contributed by atoms with E-state index in [4.69, 9.17) is 9.40 Å². The lowest BCUT2D eigenvalue weighted by molar-refractivity contribution is 0.669. The van der Waals surface area contributed by atoms with E-state index < -0.39 is 0 Å². The normalized spacial score (nSPS) is 12.0. The first kappa shape index (κ1) is 21.5. The van der Waals surface area contributed by atoms with Crippen LogP contribution in [0, 0.1) is 0 Å². The number of hydrogen-bond donors (Lipinski definition) is 0. The number of aromatic nitrogens is 3. The molecule has 4 aromatic heterocycles. The summed E-state index contributed by atoms with van der Waals surface area (Å²) >= 11 is 0. The van der Waals surface area contributed by atoms with Gasteiger partial charge in [0.15, 0.2) is 0 Å². The van der Waals surface area contributed by atoms with E-state index in [2.05, 4.69) is 113 Å². The van der Waals surface area contributed by atoms with Crippen molar-refractivity contribution in [1.29, 1.82) is 0 Å². The van der Waals surface area contributed by atoms with Crippen molar-refractivity contribution in [3.8, 4) is 16.9 Å². The Kier molecular flexibility index (Phi) is 4.30. The van der Waals surface area contributed by atoms with Gasteiger partial charge in [0.05, 0.1) is 27.8 Å². The van der Waals surface area contributed by atoms with Crippen LogP contribution in [0.15, 0.2) is 132 Å². The molecule has 0 fully saturated rings. The van der Waals surface area contributed by atoms with Crippen LogP contribution in [0.25, 0.3) is 82.5 Å².